The van der Waals surface area contributed by atoms with E-state index in [4.69, 9.17) is 0 Å². The third-order valence-electron chi connectivity index (χ3n) is 4.76. The summed E-state index contributed by atoms with van der Waals surface area (Å²) >= 11 is 1.94. The molecule has 0 aliphatic heterocycles. The van der Waals surface area contributed by atoms with Gasteiger partial charge in [0.2, 0.25) is 0 Å². The molecule has 2 aromatic carbocycles. The molecule has 0 saturated carbocycles. The standard InChI is InChI=1S/C24H28S/c1-4-5-6-7-8-22-17-23(20-13-9-18(2)10-14-20)25-24(22)21-15-11-19(3)12-16-21/h9-17H,4-8H2,1-3H3. The topological polar surface area (TPSA) is 0 Å². The van der Waals surface area contributed by atoms with E-state index in [1.54, 1.807) is 0 Å². The summed E-state index contributed by atoms with van der Waals surface area (Å²) in [4.78, 5) is 2.84. The molecule has 0 N–H and O–H groups in total. The minimum Gasteiger partial charge on any atom is -0.135 e. The molecular weight excluding hydrogens is 320 g/mol. The lowest BCUT2D eigenvalue weighted by atomic mass is 10.0. The van der Waals surface area contributed by atoms with Gasteiger partial charge in [0.25, 0.3) is 0 Å². The number of hydrogen-bond donors (Lipinski definition) is 0. The van der Waals surface area contributed by atoms with Crippen LogP contribution in [0.25, 0.3) is 20.9 Å². The highest BCUT2D eigenvalue weighted by Crippen LogP contribution is 2.39. The largest absolute Gasteiger partial charge is 0.135 e. The molecule has 0 fully saturated rings. The minimum absolute atomic E-state index is 1.19. The van der Waals surface area contributed by atoms with Crippen molar-refractivity contribution in [3.63, 3.8) is 0 Å². The number of benzene rings is 2. The summed E-state index contributed by atoms with van der Waals surface area (Å²) in [6.07, 6.45) is 6.44. The molecule has 1 heteroatoms. The Kier molecular flexibility index (Phi) is 6.09. The lowest BCUT2D eigenvalue weighted by molar-refractivity contribution is 0.668. The zero-order valence-electron chi connectivity index (χ0n) is 15.6. The van der Waals surface area contributed by atoms with E-state index in [1.165, 1.54) is 69.7 Å². The van der Waals surface area contributed by atoms with Gasteiger partial charge in [-0.1, -0.05) is 85.8 Å². The molecule has 0 nitrogen and oxygen atoms in total. The van der Waals surface area contributed by atoms with Gasteiger partial charge in [0.15, 0.2) is 0 Å². The van der Waals surface area contributed by atoms with E-state index in [-0.39, 0.29) is 0 Å². The maximum absolute atomic E-state index is 2.43. The maximum Gasteiger partial charge on any atom is 0.0381 e. The highest BCUT2D eigenvalue weighted by atomic mass is 32.1. The zero-order valence-corrected chi connectivity index (χ0v) is 16.5. The predicted octanol–water partition coefficient (Wildman–Crippen LogP) is 7.82. The van der Waals surface area contributed by atoms with Crippen LogP contribution >= 0.6 is 11.3 Å². The number of aryl methyl sites for hydroxylation is 3. The predicted molar refractivity (Wildman–Crippen MR) is 113 cm³/mol. The lowest BCUT2D eigenvalue weighted by Gasteiger charge is -2.04. The van der Waals surface area contributed by atoms with E-state index < -0.39 is 0 Å². The van der Waals surface area contributed by atoms with Gasteiger partial charge in [0, 0.05) is 9.75 Å². The number of hydrogen-bond acceptors (Lipinski definition) is 1. The van der Waals surface area contributed by atoms with Gasteiger partial charge in [-0.3, -0.25) is 0 Å². The van der Waals surface area contributed by atoms with Crippen molar-refractivity contribution in [2.24, 2.45) is 0 Å². The summed E-state index contributed by atoms with van der Waals surface area (Å²) < 4.78 is 0. The summed E-state index contributed by atoms with van der Waals surface area (Å²) in [5.74, 6) is 0. The molecule has 0 unspecified atom stereocenters. The molecule has 0 radical (unpaired) electrons. The smallest absolute Gasteiger partial charge is 0.0381 e. The van der Waals surface area contributed by atoms with Crippen molar-refractivity contribution in [2.75, 3.05) is 0 Å². The molecule has 1 heterocycles. The fourth-order valence-corrected chi connectivity index (χ4v) is 4.39. The van der Waals surface area contributed by atoms with Crippen LogP contribution in [-0.4, -0.2) is 0 Å². The van der Waals surface area contributed by atoms with Gasteiger partial charge in [0.1, 0.15) is 0 Å². The first-order valence-corrected chi connectivity index (χ1v) is 10.3. The second kappa shape index (κ2) is 8.49. The number of unbranched alkanes of at least 4 members (excludes halogenated alkanes) is 3. The molecule has 130 valence electrons. The van der Waals surface area contributed by atoms with Gasteiger partial charge in [-0.2, -0.15) is 0 Å². The Hall–Kier alpha value is -1.86. The summed E-state index contributed by atoms with van der Waals surface area (Å²) in [6.45, 7) is 6.58. The Morgan fingerprint density at radius 1 is 0.720 bits per heavy atom. The zero-order chi connectivity index (χ0) is 17.6. The summed E-state index contributed by atoms with van der Waals surface area (Å²) in [5.41, 5.74) is 6.85. The molecule has 0 aliphatic carbocycles. The van der Waals surface area contributed by atoms with Crippen LogP contribution in [0.15, 0.2) is 54.6 Å². The Morgan fingerprint density at radius 2 is 1.32 bits per heavy atom. The molecule has 0 bridgehead atoms. The van der Waals surface area contributed by atoms with Crippen LogP contribution in [0, 0.1) is 13.8 Å². The average molecular weight is 349 g/mol. The van der Waals surface area contributed by atoms with E-state index in [1.807, 2.05) is 11.3 Å². The van der Waals surface area contributed by atoms with Crippen molar-refractivity contribution in [3.8, 4) is 20.9 Å². The van der Waals surface area contributed by atoms with Crippen molar-refractivity contribution in [1.29, 1.82) is 0 Å². The number of rotatable bonds is 7. The average Bonchev–Trinajstić information content (AvgIpc) is 3.04. The first-order chi connectivity index (χ1) is 12.2. The second-order valence-corrected chi connectivity index (χ2v) is 8.06. The molecule has 0 saturated heterocycles. The minimum atomic E-state index is 1.19. The molecule has 1 aromatic heterocycles. The van der Waals surface area contributed by atoms with Crippen LogP contribution in [0.2, 0.25) is 0 Å². The van der Waals surface area contributed by atoms with E-state index in [0.29, 0.717) is 0 Å². The summed E-state index contributed by atoms with van der Waals surface area (Å²) in [6, 6.07) is 20.3. The first kappa shape index (κ1) is 17.9. The van der Waals surface area contributed by atoms with Gasteiger partial charge in [-0.05, 0) is 49.4 Å². The SMILES string of the molecule is CCCCCCc1cc(-c2ccc(C)cc2)sc1-c1ccc(C)cc1. The van der Waals surface area contributed by atoms with Gasteiger partial charge < -0.3 is 0 Å². The van der Waals surface area contributed by atoms with Crippen molar-refractivity contribution in [1.82, 2.24) is 0 Å². The highest BCUT2D eigenvalue weighted by molar-refractivity contribution is 7.19. The molecule has 0 aliphatic rings. The molecule has 0 atom stereocenters. The molecule has 25 heavy (non-hydrogen) atoms. The Bertz CT molecular complexity index is 791. The fraction of sp³-hybridized carbons (Fsp3) is 0.333. The van der Waals surface area contributed by atoms with Crippen molar-refractivity contribution >= 4 is 11.3 Å². The highest BCUT2D eigenvalue weighted by Gasteiger charge is 2.12. The van der Waals surface area contributed by atoms with E-state index in [2.05, 4.69) is 75.4 Å². The van der Waals surface area contributed by atoms with Crippen LogP contribution in [0.4, 0.5) is 0 Å². The van der Waals surface area contributed by atoms with Crippen LogP contribution in [0.5, 0.6) is 0 Å². The summed E-state index contributed by atoms with van der Waals surface area (Å²) in [5, 5.41) is 0. The lowest BCUT2D eigenvalue weighted by Crippen LogP contribution is -1.86. The van der Waals surface area contributed by atoms with E-state index in [0.717, 1.165) is 0 Å². The van der Waals surface area contributed by atoms with Crippen molar-refractivity contribution < 1.29 is 0 Å². The van der Waals surface area contributed by atoms with E-state index in [9.17, 15) is 0 Å². The fourth-order valence-electron chi connectivity index (χ4n) is 3.17. The Labute approximate surface area is 156 Å². The third-order valence-corrected chi connectivity index (χ3v) is 6.03. The molecule has 3 rings (SSSR count). The quantitative estimate of drug-likeness (QED) is 0.382. The third kappa shape index (κ3) is 4.61. The van der Waals surface area contributed by atoms with Crippen molar-refractivity contribution in [2.45, 2.75) is 52.9 Å². The normalized spacial score (nSPS) is 11.0. The van der Waals surface area contributed by atoms with Gasteiger partial charge >= 0.3 is 0 Å². The summed E-state index contributed by atoms with van der Waals surface area (Å²) in [7, 11) is 0. The van der Waals surface area contributed by atoms with Crippen LogP contribution < -0.4 is 0 Å². The molecule has 3 aromatic rings. The Balaban J connectivity index is 1.92. The van der Waals surface area contributed by atoms with Crippen LogP contribution in [-0.2, 0) is 6.42 Å². The Morgan fingerprint density at radius 3 is 1.92 bits per heavy atom. The number of thiophene rings is 1. The van der Waals surface area contributed by atoms with Gasteiger partial charge in [-0.25, -0.2) is 0 Å². The first-order valence-electron chi connectivity index (χ1n) is 9.44. The van der Waals surface area contributed by atoms with E-state index >= 15 is 0 Å². The van der Waals surface area contributed by atoms with Gasteiger partial charge in [-0.15, -0.1) is 11.3 Å². The van der Waals surface area contributed by atoms with Crippen LogP contribution in [0.1, 0.15) is 49.3 Å². The monoisotopic (exact) mass is 348 g/mol. The molecular formula is C24H28S. The maximum atomic E-state index is 2.43. The van der Waals surface area contributed by atoms with Crippen molar-refractivity contribution in [3.05, 3.63) is 71.3 Å². The molecule has 0 spiro atoms. The second-order valence-electron chi connectivity index (χ2n) is 7.01. The van der Waals surface area contributed by atoms with Crippen LogP contribution in [0.3, 0.4) is 0 Å². The van der Waals surface area contributed by atoms with Gasteiger partial charge in [0.05, 0.1) is 0 Å². The molecule has 0 amide bonds.